The van der Waals surface area contributed by atoms with Crippen molar-refractivity contribution < 1.29 is 27.5 Å². The molecule has 0 saturated carbocycles. The van der Waals surface area contributed by atoms with E-state index in [0.29, 0.717) is 12.4 Å². The molecular weight excluding hydrogens is 398 g/mol. The Bertz CT molecular complexity index is 933. The number of aromatic amines is 1. The number of carbonyl (C=O) groups is 2. The average Bonchev–Trinajstić information content (AvgIpc) is 3.27. The van der Waals surface area contributed by atoms with Gasteiger partial charge in [-0.2, -0.15) is 4.31 Å². The molecule has 2 heterocycles. The second-order valence-corrected chi connectivity index (χ2v) is 8.29. The molecule has 10 heteroatoms. The molecule has 1 saturated heterocycles. The highest BCUT2D eigenvalue weighted by atomic mass is 32.2. The lowest BCUT2D eigenvalue weighted by Gasteiger charge is -2.33. The molecule has 1 aromatic carbocycles. The van der Waals surface area contributed by atoms with Gasteiger partial charge in [-0.25, -0.2) is 13.2 Å². The quantitative estimate of drug-likeness (QED) is 0.671. The third kappa shape index (κ3) is 4.96. The average molecular weight is 421 g/mol. The van der Waals surface area contributed by atoms with Gasteiger partial charge in [-0.1, -0.05) is 0 Å². The summed E-state index contributed by atoms with van der Waals surface area (Å²) in [6.07, 6.45) is 1.59. The van der Waals surface area contributed by atoms with Gasteiger partial charge in [0.2, 0.25) is 10.0 Å². The Morgan fingerprint density at radius 2 is 1.76 bits per heavy atom. The molecule has 2 aromatic rings. The van der Waals surface area contributed by atoms with Crippen molar-refractivity contribution in [1.82, 2.24) is 14.2 Å². The van der Waals surface area contributed by atoms with Crippen molar-refractivity contribution in [3.05, 3.63) is 48.3 Å². The predicted molar refractivity (Wildman–Crippen MR) is 104 cm³/mol. The Labute approximate surface area is 169 Å². The summed E-state index contributed by atoms with van der Waals surface area (Å²) in [6, 6.07) is 9.47. The van der Waals surface area contributed by atoms with Gasteiger partial charge in [0.1, 0.15) is 11.4 Å². The topological polar surface area (TPSA) is 109 Å². The van der Waals surface area contributed by atoms with Gasteiger partial charge in [0.05, 0.1) is 11.5 Å². The fourth-order valence-electron chi connectivity index (χ4n) is 2.96. The number of nitrogens with one attached hydrogen (secondary N) is 1. The highest BCUT2D eigenvalue weighted by molar-refractivity contribution is 7.89. The fourth-order valence-corrected chi connectivity index (χ4v) is 4.38. The number of aromatic nitrogens is 1. The predicted octanol–water partition coefficient (Wildman–Crippen LogP) is 1.10. The summed E-state index contributed by atoms with van der Waals surface area (Å²) in [4.78, 5) is 28.4. The second-order valence-electron chi connectivity index (χ2n) is 6.35. The summed E-state index contributed by atoms with van der Waals surface area (Å²) >= 11 is 0. The number of esters is 1. The lowest BCUT2D eigenvalue weighted by molar-refractivity contribution is -0.135. The minimum Gasteiger partial charge on any atom is -0.494 e. The first-order valence-electron chi connectivity index (χ1n) is 9.23. The van der Waals surface area contributed by atoms with E-state index in [1.165, 1.54) is 21.3 Å². The third-order valence-electron chi connectivity index (χ3n) is 4.51. The maximum Gasteiger partial charge on any atom is 0.355 e. The zero-order valence-electron chi connectivity index (χ0n) is 16.0. The summed E-state index contributed by atoms with van der Waals surface area (Å²) in [5, 5.41) is 0. The van der Waals surface area contributed by atoms with Crippen LogP contribution in [0.25, 0.3) is 0 Å². The standard InChI is InChI=1S/C19H23N3O6S/c1-2-27-15-5-7-16(8-6-15)29(25,26)22-12-10-21(11-13-22)18(23)14-28-19(24)17-4-3-9-20-17/h3-9,20H,2,10-14H2,1H3. The first-order chi connectivity index (χ1) is 13.9. The number of ether oxygens (including phenoxy) is 2. The zero-order chi connectivity index (χ0) is 20.9. The second kappa shape index (κ2) is 9.10. The van der Waals surface area contributed by atoms with Crippen LogP contribution in [-0.2, 0) is 19.6 Å². The minimum atomic E-state index is -3.65. The van der Waals surface area contributed by atoms with E-state index in [2.05, 4.69) is 4.98 Å². The first-order valence-corrected chi connectivity index (χ1v) is 10.7. The van der Waals surface area contributed by atoms with Crippen molar-refractivity contribution in [2.45, 2.75) is 11.8 Å². The van der Waals surface area contributed by atoms with E-state index in [1.807, 2.05) is 6.92 Å². The number of hydrogen-bond donors (Lipinski definition) is 1. The number of sulfonamides is 1. The van der Waals surface area contributed by atoms with Crippen molar-refractivity contribution in [2.75, 3.05) is 39.4 Å². The normalized spacial score (nSPS) is 15.1. The van der Waals surface area contributed by atoms with E-state index in [9.17, 15) is 18.0 Å². The smallest absolute Gasteiger partial charge is 0.355 e. The van der Waals surface area contributed by atoms with Crippen LogP contribution in [0.3, 0.4) is 0 Å². The third-order valence-corrected chi connectivity index (χ3v) is 6.42. The maximum absolute atomic E-state index is 12.8. The molecule has 3 rings (SSSR count). The van der Waals surface area contributed by atoms with Gasteiger partial charge in [0, 0.05) is 32.4 Å². The van der Waals surface area contributed by atoms with E-state index >= 15 is 0 Å². The van der Waals surface area contributed by atoms with E-state index in [4.69, 9.17) is 9.47 Å². The van der Waals surface area contributed by atoms with Crippen molar-refractivity contribution in [3.8, 4) is 5.75 Å². The van der Waals surface area contributed by atoms with Gasteiger partial charge < -0.3 is 19.4 Å². The molecule has 0 unspecified atom stereocenters. The Balaban J connectivity index is 1.52. The van der Waals surface area contributed by atoms with E-state index in [0.717, 1.165) is 0 Å². The molecule has 9 nitrogen and oxygen atoms in total. The number of rotatable bonds is 7. The van der Waals surface area contributed by atoms with Crippen LogP contribution < -0.4 is 4.74 Å². The summed E-state index contributed by atoms with van der Waals surface area (Å²) in [5.74, 6) is -0.362. The van der Waals surface area contributed by atoms with Crippen LogP contribution in [0.2, 0.25) is 0 Å². The molecule has 0 aliphatic carbocycles. The number of benzene rings is 1. The number of amides is 1. The van der Waals surface area contributed by atoms with Crippen molar-refractivity contribution in [2.24, 2.45) is 0 Å². The molecule has 1 aromatic heterocycles. The molecule has 1 aliphatic heterocycles. The fraction of sp³-hybridized carbons (Fsp3) is 0.368. The van der Waals surface area contributed by atoms with Gasteiger partial charge in [-0.05, 0) is 43.3 Å². The molecule has 0 bridgehead atoms. The minimum absolute atomic E-state index is 0.172. The largest absolute Gasteiger partial charge is 0.494 e. The van der Waals surface area contributed by atoms with Crippen LogP contribution in [0.4, 0.5) is 0 Å². The Morgan fingerprint density at radius 1 is 1.07 bits per heavy atom. The van der Waals surface area contributed by atoms with Crippen molar-refractivity contribution >= 4 is 21.9 Å². The van der Waals surface area contributed by atoms with Gasteiger partial charge in [-0.3, -0.25) is 4.79 Å². The number of H-pyrrole nitrogens is 1. The van der Waals surface area contributed by atoms with E-state index in [1.54, 1.807) is 30.5 Å². The SMILES string of the molecule is CCOc1ccc(S(=O)(=O)N2CCN(C(=O)COC(=O)c3ccc[nH]3)CC2)cc1. The molecule has 156 valence electrons. The molecule has 1 N–H and O–H groups in total. The molecular formula is C19H23N3O6S. The Hall–Kier alpha value is -2.85. The summed E-state index contributed by atoms with van der Waals surface area (Å²) in [5.41, 5.74) is 0.268. The van der Waals surface area contributed by atoms with Crippen molar-refractivity contribution in [3.63, 3.8) is 0 Å². The molecule has 0 radical (unpaired) electrons. The first kappa shape index (κ1) is 20.9. The van der Waals surface area contributed by atoms with Crippen LogP contribution in [0, 0.1) is 0 Å². The highest BCUT2D eigenvalue weighted by Crippen LogP contribution is 2.21. The summed E-state index contributed by atoms with van der Waals surface area (Å²) < 4.78 is 37.2. The summed E-state index contributed by atoms with van der Waals surface area (Å²) in [7, 11) is -3.65. The molecule has 29 heavy (non-hydrogen) atoms. The lowest BCUT2D eigenvalue weighted by Crippen LogP contribution is -2.51. The maximum atomic E-state index is 12.8. The number of carbonyl (C=O) groups excluding carboxylic acids is 2. The molecule has 1 fully saturated rings. The molecule has 0 atom stereocenters. The van der Waals surface area contributed by atoms with E-state index in [-0.39, 0.29) is 49.3 Å². The monoisotopic (exact) mass is 421 g/mol. The highest BCUT2D eigenvalue weighted by Gasteiger charge is 2.30. The molecule has 1 aliphatic rings. The van der Waals surface area contributed by atoms with Gasteiger partial charge in [0.25, 0.3) is 5.91 Å². The zero-order valence-corrected chi connectivity index (χ0v) is 16.9. The van der Waals surface area contributed by atoms with Gasteiger partial charge in [0.15, 0.2) is 6.61 Å². The number of piperazine rings is 1. The van der Waals surface area contributed by atoms with Gasteiger partial charge in [-0.15, -0.1) is 0 Å². The number of hydrogen-bond acceptors (Lipinski definition) is 6. The molecule has 1 amide bonds. The van der Waals surface area contributed by atoms with Crippen LogP contribution >= 0.6 is 0 Å². The van der Waals surface area contributed by atoms with Crippen LogP contribution in [0.5, 0.6) is 5.75 Å². The Kier molecular flexibility index (Phi) is 6.55. The molecule has 0 spiro atoms. The number of nitrogens with zero attached hydrogens (tertiary/aromatic N) is 2. The van der Waals surface area contributed by atoms with E-state index < -0.39 is 16.0 Å². The van der Waals surface area contributed by atoms with Gasteiger partial charge >= 0.3 is 5.97 Å². The van der Waals surface area contributed by atoms with Crippen LogP contribution in [0.1, 0.15) is 17.4 Å². The van der Waals surface area contributed by atoms with Crippen LogP contribution in [0.15, 0.2) is 47.5 Å². The summed E-state index contributed by atoms with van der Waals surface area (Å²) in [6.45, 7) is 2.78. The van der Waals surface area contributed by atoms with Crippen LogP contribution in [-0.4, -0.2) is 73.9 Å². The van der Waals surface area contributed by atoms with Crippen molar-refractivity contribution in [1.29, 1.82) is 0 Å². The lowest BCUT2D eigenvalue weighted by atomic mass is 10.3. The Morgan fingerprint density at radius 3 is 2.34 bits per heavy atom.